The molecule has 0 N–H and O–H groups in total. The van der Waals surface area contributed by atoms with Crippen molar-refractivity contribution in [3.63, 3.8) is 0 Å². The summed E-state index contributed by atoms with van der Waals surface area (Å²) in [5, 5.41) is 0.887. The largest absolute Gasteiger partial charge is 0.494 e. The molecule has 244 valence electrons. The lowest BCUT2D eigenvalue weighted by atomic mass is 9.76. The second kappa shape index (κ2) is 11.4. The predicted octanol–water partition coefficient (Wildman–Crippen LogP) is 11.0. The summed E-state index contributed by atoms with van der Waals surface area (Å²) in [4.78, 5) is 12.4. The van der Waals surface area contributed by atoms with Crippen molar-refractivity contribution in [2.75, 3.05) is 6.61 Å². The van der Waals surface area contributed by atoms with Crippen molar-refractivity contribution in [3.05, 3.63) is 136 Å². The highest BCUT2D eigenvalue weighted by Crippen LogP contribution is 2.58. The third-order valence-electron chi connectivity index (χ3n) is 9.69. The van der Waals surface area contributed by atoms with Crippen LogP contribution < -0.4 is 9.47 Å². The molecule has 48 heavy (non-hydrogen) atoms. The summed E-state index contributed by atoms with van der Waals surface area (Å²) in [6.45, 7) is 8.32. The van der Waals surface area contributed by atoms with E-state index in [1.54, 1.807) is 18.2 Å². The smallest absolute Gasteiger partial charge is 0.416 e. The Labute approximate surface area is 276 Å². The quantitative estimate of drug-likeness (QED) is 0.0999. The molecule has 1 aliphatic heterocycles. The van der Waals surface area contributed by atoms with Gasteiger partial charge < -0.3 is 9.47 Å². The summed E-state index contributed by atoms with van der Waals surface area (Å²) in [5.41, 5.74) is 3.33. The van der Waals surface area contributed by atoms with Gasteiger partial charge in [0.1, 0.15) is 17.3 Å². The topological polar surface area (TPSA) is 35.5 Å². The van der Waals surface area contributed by atoms with Crippen molar-refractivity contribution >= 4 is 22.6 Å². The zero-order chi connectivity index (χ0) is 34.0. The van der Waals surface area contributed by atoms with Gasteiger partial charge in [-0.15, -0.1) is 0 Å². The van der Waals surface area contributed by atoms with E-state index in [0.29, 0.717) is 51.1 Å². The Morgan fingerprint density at radius 1 is 0.875 bits per heavy atom. The van der Waals surface area contributed by atoms with E-state index in [0.717, 1.165) is 47.2 Å². The first kappa shape index (κ1) is 31.7. The van der Waals surface area contributed by atoms with E-state index in [-0.39, 0.29) is 5.78 Å². The number of fused-ring (bicyclic) bond motifs is 8. The molecule has 0 radical (unpaired) electrons. The molecule has 1 unspecified atom stereocenters. The van der Waals surface area contributed by atoms with Crippen LogP contribution in [-0.2, 0) is 17.2 Å². The Bertz CT molecular complexity index is 2110. The van der Waals surface area contributed by atoms with Crippen molar-refractivity contribution in [3.8, 4) is 22.6 Å². The first-order valence-electron chi connectivity index (χ1n) is 16.1. The number of benzene rings is 5. The van der Waals surface area contributed by atoms with Crippen LogP contribution in [0, 0.1) is 5.82 Å². The van der Waals surface area contributed by atoms with Crippen LogP contribution in [0.4, 0.5) is 17.6 Å². The van der Waals surface area contributed by atoms with Crippen LogP contribution in [0.3, 0.4) is 0 Å². The van der Waals surface area contributed by atoms with Gasteiger partial charge in [-0.05, 0) is 89.5 Å². The van der Waals surface area contributed by atoms with E-state index in [1.807, 2.05) is 48.6 Å². The van der Waals surface area contributed by atoms with Gasteiger partial charge in [0.2, 0.25) is 0 Å². The van der Waals surface area contributed by atoms with Crippen molar-refractivity contribution in [2.24, 2.45) is 0 Å². The maximum atomic E-state index is 14.3. The molecule has 1 heterocycles. The summed E-state index contributed by atoms with van der Waals surface area (Å²) in [5.74, 6) is 0.470. The SMILES string of the molecule is CCCCOc1ccc(C2(c3ccc(F)cc3)C=Cc3c4c(c5ccc(C(F)(F)F)cc5c3O2)-c2cc(C(C)=O)ccc2C4(C)C)cc1. The van der Waals surface area contributed by atoms with Crippen molar-refractivity contribution < 1.29 is 31.8 Å². The Kier molecular flexibility index (Phi) is 7.50. The molecular weight excluding hydrogens is 616 g/mol. The molecule has 1 atom stereocenters. The van der Waals surface area contributed by atoms with Crippen LogP contribution >= 0.6 is 0 Å². The van der Waals surface area contributed by atoms with Crippen LogP contribution in [0.5, 0.6) is 11.5 Å². The number of carbonyl (C=O) groups excluding carboxylic acids is 1. The predicted molar refractivity (Wildman–Crippen MR) is 180 cm³/mol. The average Bonchev–Trinajstić information content (AvgIpc) is 3.31. The molecule has 3 nitrogen and oxygen atoms in total. The minimum absolute atomic E-state index is 0.0974. The molecule has 7 rings (SSSR count). The number of hydrogen-bond donors (Lipinski definition) is 0. The first-order chi connectivity index (χ1) is 22.8. The molecule has 5 aromatic carbocycles. The standard InChI is InChI=1S/C41H34F4O3/c1-5-6-21-47-30-15-10-27(11-16-30)40(26-8-13-29(42)14-9-26)20-19-32-37-36(34-22-25(24(2)46)7-18-35(34)39(37,3)4)31-17-12-28(41(43,44)45)23-33(31)38(32)48-40/h7-20,22-23H,5-6,21H2,1-4H3. The van der Waals surface area contributed by atoms with Crippen LogP contribution in [0.25, 0.3) is 28.0 Å². The highest BCUT2D eigenvalue weighted by molar-refractivity contribution is 6.09. The summed E-state index contributed by atoms with van der Waals surface area (Å²) in [6.07, 6.45) is 1.14. The van der Waals surface area contributed by atoms with E-state index in [4.69, 9.17) is 9.47 Å². The molecule has 1 aliphatic carbocycles. The van der Waals surface area contributed by atoms with Gasteiger partial charge in [0.05, 0.1) is 12.2 Å². The molecule has 0 aromatic heterocycles. The van der Waals surface area contributed by atoms with Gasteiger partial charge >= 0.3 is 6.18 Å². The Hall–Kier alpha value is -4.91. The lowest BCUT2D eigenvalue weighted by Gasteiger charge is -2.38. The van der Waals surface area contributed by atoms with Crippen LogP contribution in [-0.4, -0.2) is 12.4 Å². The lowest BCUT2D eigenvalue weighted by molar-refractivity contribution is -0.137. The third kappa shape index (κ3) is 4.99. The molecule has 0 amide bonds. The van der Waals surface area contributed by atoms with E-state index >= 15 is 0 Å². The monoisotopic (exact) mass is 650 g/mol. The fourth-order valence-electron chi connectivity index (χ4n) is 7.21. The number of rotatable bonds is 7. The normalized spacial score (nSPS) is 17.4. The maximum Gasteiger partial charge on any atom is 0.416 e. The first-order valence-corrected chi connectivity index (χ1v) is 16.1. The number of Topliss-reactive ketones (excluding diaryl/α,β-unsaturated/α-hetero) is 1. The maximum absolute atomic E-state index is 14.3. The summed E-state index contributed by atoms with van der Waals surface area (Å²) < 4.78 is 69.9. The summed E-state index contributed by atoms with van der Waals surface area (Å²) >= 11 is 0. The molecule has 0 saturated heterocycles. The van der Waals surface area contributed by atoms with E-state index in [1.165, 1.54) is 25.1 Å². The minimum Gasteiger partial charge on any atom is -0.494 e. The van der Waals surface area contributed by atoms with Crippen molar-refractivity contribution in [1.82, 2.24) is 0 Å². The number of halogens is 4. The molecule has 0 fully saturated rings. The number of hydrogen-bond acceptors (Lipinski definition) is 3. The lowest BCUT2D eigenvalue weighted by Crippen LogP contribution is -2.35. The van der Waals surface area contributed by atoms with E-state index < -0.39 is 28.6 Å². The van der Waals surface area contributed by atoms with Crippen LogP contribution in [0.15, 0.2) is 91.0 Å². The number of alkyl halides is 3. The van der Waals surface area contributed by atoms with Gasteiger partial charge in [-0.1, -0.05) is 75.7 Å². The summed E-state index contributed by atoms with van der Waals surface area (Å²) in [7, 11) is 0. The van der Waals surface area contributed by atoms with E-state index in [9.17, 15) is 22.4 Å². The van der Waals surface area contributed by atoms with Crippen LogP contribution in [0.2, 0.25) is 0 Å². The molecule has 5 aromatic rings. The second-order valence-electron chi connectivity index (χ2n) is 13.1. The molecule has 0 saturated carbocycles. The van der Waals surface area contributed by atoms with Crippen LogP contribution in [0.1, 0.15) is 84.3 Å². The number of unbranched alkanes of at least 4 members (excludes halogenated alkanes) is 1. The molecule has 2 aliphatic rings. The number of carbonyl (C=O) groups is 1. The van der Waals surface area contributed by atoms with Gasteiger partial charge in [-0.2, -0.15) is 13.2 Å². The molecule has 7 heteroatoms. The Balaban J connectivity index is 1.51. The average molecular weight is 651 g/mol. The van der Waals surface area contributed by atoms with Gasteiger partial charge in [0.25, 0.3) is 0 Å². The fourth-order valence-corrected chi connectivity index (χ4v) is 7.21. The fraction of sp³-hybridized carbons (Fsp3) is 0.244. The van der Waals surface area contributed by atoms with Crippen molar-refractivity contribution in [2.45, 2.75) is 57.7 Å². The Morgan fingerprint density at radius 3 is 2.21 bits per heavy atom. The Morgan fingerprint density at radius 2 is 1.56 bits per heavy atom. The van der Waals surface area contributed by atoms with Crippen molar-refractivity contribution in [1.29, 1.82) is 0 Å². The van der Waals surface area contributed by atoms with Gasteiger partial charge in [0.15, 0.2) is 11.4 Å². The third-order valence-corrected chi connectivity index (χ3v) is 9.69. The van der Waals surface area contributed by atoms with Gasteiger partial charge in [0, 0.05) is 33.1 Å². The molecule has 0 spiro atoms. The zero-order valence-corrected chi connectivity index (χ0v) is 27.1. The highest BCUT2D eigenvalue weighted by Gasteiger charge is 2.45. The highest BCUT2D eigenvalue weighted by atomic mass is 19.4. The van der Waals surface area contributed by atoms with E-state index in [2.05, 4.69) is 20.8 Å². The number of ether oxygens (including phenoxy) is 2. The molecular formula is C41H34F4O3. The van der Waals surface area contributed by atoms with Gasteiger partial charge in [-0.3, -0.25) is 4.79 Å². The van der Waals surface area contributed by atoms with Gasteiger partial charge in [-0.25, -0.2) is 4.39 Å². The summed E-state index contributed by atoms with van der Waals surface area (Å²) in [6, 6.07) is 22.7. The molecule has 0 bridgehead atoms. The second-order valence-corrected chi connectivity index (χ2v) is 13.1. The minimum atomic E-state index is -4.59. The zero-order valence-electron chi connectivity index (χ0n) is 27.1. The number of ketones is 1.